The summed E-state index contributed by atoms with van der Waals surface area (Å²) in [5.41, 5.74) is 2.20. The fraction of sp³-hybridized carbons (Fsp3) is 0.417. The lowest BCUT2D eigenvalue weighted by Gasteiger charge is -2.24. The zero-order chi connectivity index (χ0) is 10.8. The van der Waals surface area contributed by atoms with Gasteiger partial charge in [-0.05, 0) is 48.4 Å². The average molecular weight is 206 g/mol. The van der Waals surface area contributed by atoms with Crippen LogP contribution in [0.25, 0.3) is 0 Å². The number of carbonyl (C=O) groups is 1. The molecule has 1 atom stereocenters. The van der Waals surface area contributed by atoms with Crippen molar-refractivity contribution >= 4 is 5.97 Å². The van der Waals surface area contributed by atoms with Crippen molar-refractivity contribution in [1.82, 2.24) is 0 Å². The molecule has 0 saturated carbocycles. The maximum absolute atomic E-state index is 10.7. The fourth-order valence-corrected chi connectivity index (χ4v) is 2.32. The second-order valence-corrected chi connectivity index (χ2v) is 4.07. The van der Waals surface area contributed by atoms with Crippen LogP contribution in [0.3, 0.4) is 0 Å². The number of carboxylic acid groups (broad SMARTS) is 1. The quantitative estimate of drug-likeness (QED) is 0.780. The Kier molecular flexibility index (Phi) is 2.62. The molecular formula is C12H14O3. The molecule has 0 heterocycles. The molecule has 0 unspecified atom stereocenters. The van der Waals surface area contributed by atoms with E-state index >= 15 is 0 Å². The molecule has 1 aromatic rings. The summed E-state index contributed by atoms with van der Waals surface area (Å²) in [5, 5.41) is 18.1. The number of aromatic hydroxyl groups is 1. The van der Waals surface area contributed by atoms with Gasteiger partial charge >= 0.3 is 5.97 Å². The van der Waals surface area contributed by atoms with Crippen LogP contribution in [0.2, 0.25) is 0 Å². The summed E-state index contributed by atoms with van der Waals surface area (Å²) in [4.78, 5) is 10.7. The highest BCUT2D eigenvalue weighted by atomic mass is 16.4. The first kappa shape index (κ1) is 10.0. The summed E-state index contributed by atoms with van der Waals surface area (Å²) in [7, 11) is 0. The van der Waals surface area contributed by atoms with Gasteiger partial charge in [-0.25, -0.2) is 0 Å². The highest BCUT2D eigenvalue weighted by Gasteiger charge is 2.22. The summed E-state index contributed by atoms with van der Waals surface area (Å²) >= 11 is 0. The Morgan fingerprint density at radius 2 is 2.27 bits per heavy atom. The van der Waals surface area contributed by atoms with Gasteiger partial charge in [0.25, 0.3) is 0 Å². The van der Waals surface area contributed by atoms with Crippen LogP contribution < -0.4 is 0 Å². The second kappa shape index (κ2) is 3.93. The first-order chi connectivity index (χ1) is 7.16. The third-order valence-electron chi connectivity index (χ3n) is 2.99. The van der Waals surface area contributed by atoms with Crippen LogP contribution in [0.5, 0.6) is 5.75 Å². The van der Waals surface area contributed by atoms with Gasteiger partial charge in [0, 0.05) is 0 Å². The van der Waals surface area contributed by atoms with Gasteiger partial charge in [-0.1, -0.05) is 6.07 Å². The molecule has 0 aliphatic heterocycles. The molecule has 1 aliphatic carbocycles. The fourth-order valence-electron chi connectivity index (χ4n) is 2.32. The molecule has 0 bridgehead atoms. The molecule has 0 fully saturated rings. The molecule has 80 valence electrons. The molecule has 1 aliphatic rings. The molecule has 2 rings (SSSR count). The number of hydrogen-bond donors (Lipinski definition) is 2. The predicted octanol–water partition coefficient (Wildman–Crippen LogP) is 2.29. The number of aryl methyl sites for hydroxylation is 1. The summed E-state index contributed by atoms with van der Waals surface area (Å²) in [5.74, 6) is -0.363. The molecule has 0 spiro atoms. The number of phenolic OH excluding ortho intramolecular Hbond substituents is 1. The van der Waals surface area contributed by atoms with E-state index in [4.69, 9.17) is 5.11 Å². The predicted molar refractivity (Wildman–Crippen MR) is 56.0 cm³/mol. The number of benzene rings is 1. The molecule has 0 radical (unpaired) electrons. The number of phenols is 1. The van der Waals surface area contributed by atoms with Crippen molar-refractivity contribution in [2.45, 2.75) is 31.6 Å². The van der Waals surface area contributed by atoms with Crippen LogP contribution in [-0.2, 0) is 11.2 Å². The number of carboxylic acids is 1. The van der Waals surface area contributed by atoms with Gasteiger partial charge < -0.3 is 10.2 Å². The third kappa shape index (κ3) is 2.12. The lowest BCUT2D eigenvalue weighted by Crippen LogP contribution is -2.13. The molecule has 15 heavy (non-hydrogen) atoms. The van der Waals surface area contributed by atoms with Crippen LogP contribution >= 0.6 is 0 Å². The molecule has 3 heteroatoms. The minimum Gasteiger partial charge on any atom is -0.508 e. The summed E-state index contributed by atoms with van der Waals surface area (Å²) in [6.07, 6.45) is 3.08. The van der Waals surface area contributed by atoms with E-state index in [1.807, 2.05) is 6.07 Å². The topological polar surface area (TPSA) is 57.5 Å². The van der Waals surface area contributed by atoms with Crippen molar-refractivity contribution < 1.29 is 15.0 Å². The monoisotopic (exact) mass is 206 g/mol. The maximum Gasteiger partial charge on any atom is 0.303 e. The Labute approximate surface area is 88.4 Å². The molecule has 1 aromatic carbocycles. The first-order valence-corrected chi connectivity index (χ1v) is 5.20. The van der Waals surface area contributed by atoms with E-state index in [1.54, 1.807) is 12.1 Å². The van der Waals surface area contributed by atoms with Gasteiger partial charge in [0.15, 0.2) is 0 Å². The van der Waals surface area contributed by atoms with E-state index in [1.165, 1.54) is 0 Å². The first-order valence-electron chi connectivity index (χ1n) is 5.20. The Hall–Kier alpha value is -1.51. The van der Waals surface area contributed by atoms with Gasteiger partial charge in [-0.2, -0.15) is 0 Å². The zero-order valence-corrected chi connectivity index (χ0v) is 8.44. The molecular weight excluding hydrogens is 192 g/mol. The Morgan fingerprint density at radius 3 is 3.00 bits per heavy atom. The van der Waals surface area contributed by atoms with E-state index in [0.29, 0.717) is 0 Å². The van der Waals surface area contributed by atoms with Crippen LogP contribution in [0, 0.1) is 0 Å². The average Bonchev–Trinajstić information content (AvgIpc) is 2.16. The largest absolute Gasteiger partial charge is 0.508 e. The second-order valence-electron chi connectivity index (χ2n) is 4.07. The summed E-state index contributed by atoms with van der Waals surface area (Å²) in [6, 6.07) is 5.25. The van der Waals surface area contributed by atoms with E-state index in [2.05, 4.69) is 0 Å². The highest BCUT2D eigenvalue weighted by Crippen LogP contribution is 2.35. The van der Waals surface area contributed by atoms with Gasteiger partial charge in [-0.15, -0.1) is 0 Å². The van der Waals surface area contributed by atoms with Crippen LogP contribution in [0.15, 0.2) is 18.2 Å². The minimum atomic E-state index is -0.749. The number of rotatable bonds is 2. The standard InChI is InChI=1S/C12H14O3/c13-10-4-5-11-8(6-10)2-1-3-9(11)7-12(14)15/h4-6,9,13H,1-3,7H2,(H,14,15)/t9-/m1/s1. The number of hydrogen-bond acceptors (Lipinski definition) is 2. The van der Waals surface area contributed by atoms with Crippen LogP contribution in [-0.4, -0.2) is 16.2 Å². The Bertz CT molecular complexity index is 384. The van der Waals surface area contributed by atoms with E-state index < -0.39 is 5.97 Å². The van der Waals surface area contributed by atoms with E-state index in [-0.39, 0.29) is 18.1 Å². The van der Waals surface area contributed by atoms with Crippen molar-refractivity contribution in [1.29, 1.82) is 0 Å². The van der Waals surface area contributed by atoms with Gasteiger partial charge in [0.05, 0.1) is 6.42 Å². The lowest BCUT2D eigenvalue weighted by atomic mass is 9.81. The maximum atomic E-state index is 10.7. The van der Waals surface area contributed by atoms with Crippen molar-refractivity contribution in [2.24, 2.45) is 0 Å². The highest BCUT2D eigenvalue weighted by molar-refractivity contribution is 5.68. The molecule has 2 N–H and O–H groups in total. The smallest absolute Gasteiger partial charge is 0.303 e. The third-order valence-corrected chi connectivity index (χ3v) is 2.99. The van der Waals surface area contributed by atoms with E-state index in [0.717, 1.165) is 30.4 Å². The van der Waals surface area contributed by atoms with Gasteiger partial charge in [-0.3, -0.25) is 4.79 Å². The number of aliphatic carboxylic acids is 1. The lowest BCUT2D eigenvalue weighted by molar-refractivity contribution is -0.137. The van der Waals surface area contributed by atoms with Gasteiger partial charge in [0.2, 0.25) is 0 Å². The summed E-state index contributed by atoms with van der Waals surface area (Å²) < 4.78 is 0. The Balaban J connectivity index is 2.30. The van der Waals surface area contributed by atoms with Crippen molar-refractivity contribution in [3.63, 3.8) is 0 Å². The number of fused-ring (bicyclic) bond motifs is 1. The minimum absolute atomic E-state index is 0.117. The van der Waals surface area contributed by atoms with E-state index in [9.17, 15) is 9.90 Å². The van der Waals surface area contributed by atoms with Crippen LogP contribution in [0.4, 0.5) is 0 Å². The summed E-state index contributed by atoms with van der Waals surface area (Å²) in [6.45, 7) is 0. The van der Waals surface area contributed by atoms with Crippen molar-refractivity contribution in [3.8, 4) is 5.75 Å². The normalized spacial score (nSPS) is 19.6. The zero-order valence-electron chi connectivity index (χ0n) is 8.44. The SMILES string of the molecule is O=C(O)C[C@H]1CCCc2cc(O)ccc21. The van der Waals surface area contributed by atoms with Crippen molar-refractivity contribution in [2.75, 3.05) is 0 Å². The molecule has 0 aromatic heterocycles. The molecule has 0 amide bonds. The molecule has 3 nitrogen and oxygen atoms in total. The van der Waals surface area contributed by atoms with Gasteiger partial charge in [0.1, 0.15) is 5.75 Å². The van der Waals surface area contributed by atoms with Crippen molar-refractivity contribution in [3.05, 3.63) is 29.3 Å². The van der Waals surface area contributed by atoms with Crippen LogP contribution in [0.1, 0.15) is 36.3 Å². The Morgan fingerprint density at radius 1 is 1.47 bits per heavy atom. The molecule has 0 saturated heterocycles.